The summed E-state index contributed by atoms with van der Waals surface area (Å²) < 4.78 is 2.24. The maximum absolute atomic E-state index is 9.35. The van der Waals surface area contributed by atoms with E-state index in [0.717, 1.165) is 64.3 Å². The summed E-state index contributed by atoms with van der Waals surface area (Å²) in [5.74, 6) is 0.365. The minimum absolute atomic E-state index is 0.228. The summed E-state index contributed by atoms with van der Waals surface area (Å²) in [6.07, 6.45) is 19.6. The number of aromatic nitrogens is 1. The lowest BCUT2D eigenvalue weighted by Gasteiger charge is -2.34. The number of nitrogens with zero attached hydrogens (tertiary/aromatic N) is 2. The molecule has 0 spiro atoms. The van der Waals surface area contributed by atoms with Gasteiger partial charge in [0, 0.05) is 28.0 Å². The molecule has 0 bridgehead atoms. The van der Waals surface area contributed by atoms with Gasteiger partial charge in [-0.05, 0) is 110 Å². The molecule has 0 saturated heterocycles. The summed E-state index contributed by atoms with van der Waals surface area (Å²) >= 11 is 0. The van der Waals surface area contributed by atoms with Gasteiger partial charge in [0.15, 0.2) is 0 Å². The van der Waals surface area contributed by atoms with Crippen LogP contribution in [0.25, 0.3) is 27.5 Å². The first kappa shape index (κ1) is 28.7. The van der Waals surface area contributed by atoms with Crippen LogP contribution >= 0.6 is 0 Å². The lowest BCUT2D eigenvalue weighted by molar-refractivity contribution is 0.617. The molecular weight excluding hydrogens is 574 g/mol. The zero-order valence-electron chi connectivity index (χ0n) is 26.3. The molecule has 8 rings (SSSR count). The van der Waals surface area contributed by atoms with E-state index < -0.39 is 0 Å². The zero-order chi connectivity index (χ0) is 31.6. The van der Waals surface area contributed by atoms with Crippen molar-refractivity contribution in [2.75, 3.05) is 4.90 Å². The predicted molar refractivity (Wildman–Crippen MR) is 193 cm³/mol. The molecule has 3 aliphatic rings. The number of hydrogen-bond donors (Lipinski definition) is 3. The summed E-state index contributed by atoms with van der Waals surface area (Å²) in [5, 5.41) is 18.5. The van der Waals surface area contributed by atoms with Gasteiger partial charge >= 0.3 is 0 Å². The molecular formula is C42H37N5. The number of anilines is 1. The summed E-state index contributed by atoms with van der Waals surface area (Å²) in [5.41, 5.74) is 10.3. The minimum Gasteiger partial charge on any atom is -0.368 e. The van der Waals surface area contributed by atoms with Gasteiger partial charge in [-0.25, -0.2) is 0 Å². The lowest BCUT2D eigenvalue weighted by Crippen LogP contribution is -2.46. The average molecular weight is 612 g/mol. The van der Waals surface area contributed by atoms with E-state index in [2.05, 4.69) is 129 Å². The quantitative estimate of drug-likeness (QED) is 0.127. The SMILES string of the molecule is N=C(NC1NC=CC=C1C1=CC=C(N(C2=CCCCC2)c2ccccc2)CC1)c1ccccc1-n1c2ccc#cc2c2ccccc21. The second-order valence-electron chi connectivity index (χ2n) is 12.3. The maximum atomic E-state index is 9.35. The van der Waals surface area contributed by atoms with Crippen molar-refractivity contribution in [3.8, 4) is 5.69 Å². The molecule has 1 unspecified atom stereocenters. The smallest absolute Gasteiger partial charge is 0.129 e. The molecule has 2 heterocycles. The van der Waals surface area contributed by atoms with Gasteiger partial charge in [0.1, 0.15) is 12.0 Å². The lowest BCUT2D eigenvalue weighted by atomic mass is 9.91. The third-order valence-electron chi connectivity index (χ3n) is 9.44. The Morgan fingerprint density at radius 3 is 2.53 bits per heavy atom. The van der Waals surface area contributed by atoms with E-state index in [9.17, 15) is 5.41 Å². The number of dihydropyridines is 1. The van der Waals surface area contributed by atoms with Crippen LogP contribution in [-0.4, -0.2) is 16.6 Å². The van der Waals surface area contributed by atoms with E-state index in [-0.39, 0.29) is 6.17 Å². The number of benzene rings is 3. The van der Waals surface area contributed by atoms with Crippen LogP contribution in [0.15, 0.2) is 150 Å². The number of allylic oxidation sites excluding steroid dienone is 7. The molecule has 0 radical (unpaired) electrons. The van der Waals surface area contributed by atoms with Gasteiger partial charge in [-0.1, -0.05) is 78.9 Å². The summed E-state index contributed by atoms with van der Waals surface area (Å²) in [4.78, 5) is 2.48. The Bertz CT molecular complexity index is 2070. The van der Waals surface area contributed by atoms with Crippen LogP contribution in [0.2, 0.25) is 0 Å². The number of hydrogen-bond acceptors (Lipinski definition) is 3. The van der Waals surface area contributed by atoms with Crippen LogP contribution in [0.5, 0.6) is 0 Å². The molecule has 1 atom stereocenters. The Morgan fingerprint density at radius 2 is 1.68 bits per heavy atom. The highest BCUT2D eigenvalue weighted by Gasteiger charge is 2.25. The van der Waals surface area contributed by atoms with Crippen LogP contribution in [0.4, 0.5) is 5.69 Å². The number of fused-ring (bicyclic) bond motifs is 3. The van der Waals surface area contributed by atoms with Gasteiger partial charge in [0.05, 0.1) is 22.1 Å². The molecule has 5 aromatic rings. The molecule has 4 aromatic carbocycles. The Labute approximate surface area is 276 Å². The zero-order valence-corrected chi connectivity index (χ0v) is 26.3. The van der Waals surface area contributed by atoms with Gasteiger partial charge in [-0.3, -0.25) is 5.41 Å². The third kappa shape index (κ3) is 5.42. The Morgan fingerprint density at radius 1 is 0.830 bits per heavy atom. The molecule has 5 nitrogen and oxygen atoms in total. The van der Waals surface area contributed by atoms with E-state index in [1.807, 2.05) is 30.5 Å². The van der Waals surface area contributed by atoms with Crippen molar-refractivity contribution < 1.29 is 0 Å². The normalized spacial score (nSPS) is 17.6. The molecule has 1 aromatic heterocycles. The van der Waals surface area contributed by atoms with Gasteiger partial charge in [0.2, 0.25) is 0 Å². The second-order valence-corrected chi connectivity index (χ2v) is 12.3. The van der Waals surface area contributed by atoms with Crippen molar-refractivity contribution in [3.05, 3.63) is 168 Å². The Balaban J connectivity index is 1.09. The first-order valence-electron chi connectivity index (χ1n) is 16.6. The first-order chi connectivity index (χ1) is 23.3. The fourth-order valence-corrected chi connectivity index (χ4v) is 7.22. The number of amidine groups is 1. The van der Waals surface area contributed by atoms with E-state index >= 15 is 0 Å². The van der Waals surface area contributed by atoms with Gasteiger partial charge in [-0.15, -0.1) is 0 Å². The third-order valence-corrected chi connectivity index (χ3v) is 9.44. The van der Waals surface area contributed by atoms with Crippen molar-refractivity contribution in [1.29, 1.82) is 5.41 Å². The van der Waals surface area contributed by atoms with Crippen LogP contribution in [0, 0.1) is 17.5 Å². The van der Waals surface area contributed by atoms with E-state index in [1.54, 1.807) is 0 Å². The van der Waals surface area contributed by atoms with E-state index in [0.29, 0.717) is 5.84 Å². The second kappa shape index (κ2) is 12.6. The van der Waals surface area contributed by atoms with Crippen molar-refractivity contribution >= 4 is 33.3 Å². The molecule has 1 aliphatic heterocycles. The molecule has 0 saturated carbocycles. The largest absolute Gasteiger partial charge is 0.368 e. The molecule has 47 heavy (non-hydrogen) atoms. The summed E-state index contributed by atoms with van der Waals surface area (Å²) in [7, 11) is 0. The fraction of sp³-hybridized carbons (Fsp3) is 0.167. The van der Waals surface area contributed by atoms with Crippen LogP contribution in [-0.2, 0) is 0 Å². The minimum atomic E-state index is -0.228. The summed E-state index contributed by atoms with van der Waals surface area (Å²) in [6, 6.07) is 37.7. The molecule has 0 amide bonds. The summed E-state index contributed by atoms with van der Waals surface area (Å²) in [6.45, 7) is 0. The first-order valence-corrected chi connectivity index (χ1v) is 16.6. The molecule has 2 aliphatic carbocycles. The van der Waals surface area contributed by atoms with E-state index in [4.69, 9.17) is 0 Å². The van der Waals surface area contributed by atoms with Crippen LogP contribution < -0.4 is 15.5 Å². The highest BCUT2D eigenvalue weighted by molar-refractivity contribution is 6.10. The van der Waals surface area contributed by atoms with E-state index in [1.165, 1.54) is 35.5 Å². The van der Waals surface area contributed by atoms with Gasteiger partial charge < -0.3 is 20.1 Å². The average Bonchev–Trinajstić information content (AvgIpc) is 3.47. The van der Waals surface area contributed by atoms with Gasteiger partial charge in [-0.2, -0.15) is 0 Å². The Hall–Kier alpha value is -5.73. The number of nitrogens with one attached hydrogen (secondary N) is 3. The monoisotopic (exact) mass is 611 g/mol. The highest BCUT2D eigenvalue weighted by Crippen LogP contribution is 2.36. The van der Waals surface area contributed by atoms with Crippen molar-refractivity contribution in [2.45, 2.75) is 44.7 Å². The van der Waals surface area contributed by atoms with Crippen LogP contribution in [0.1, 0.15) is 44.1 Å². The van der Waals surface area contributed by atoms with Crippen molar-refractivity contribution in [1.82, 2.24) is 15.2 Å². The molecule has 230 valence electrons. The number of rotatable bonds is 7. The molecule has 0 fully saturated rings. The fourth-order valence-electron chi connectivity index (χ4n) is 7.22. The number of para-hydroxylation sites is 3. The predicted octanol–water partition coefficient (Wildman–Crippen LogP) is 9.24. The molecule has 3 N–H and O–H groups in total. The van der Waals surface area contributed by atoms with Crippen molar-refractivity contribution in [3.63, 3.8) is 0 Å². The van der Waals surface area contributed by atoms with Crippen molar-refractivity contribution in [2.24, 2.45) is 0 Å². The van der Waals surface area contributed by atoms with Crippen LogP contribution in [0.3, 0.4) is 0 Å². The van der Waals surface area contributed by atoms with Gasteiger partial charge in [0.25, 0.3) is 0 Å². The maximum Gasteiger partial charge on any atom is 0.129 e. The molecule has 5 heteroatoms. The standard InChI is InChI=1S/C42H37N5/c43-41(37-20-9-12-24-40(37)47-38-22-10-7-18-35(38)36-19-8-11-23-39(36)47)45-42-34(21-13-29-44-42)30-25-27-33(28-26-30)46(31-14-3-1-4-15-31)32-16-5-2-6-17-32/h1,3-4,7,9-16,18,20-25,27,29,42,44H,2,5-6,17,26,28H2,(H2,43,45). The topological polar surface area (TPSA) is 56.1 Å². The highest BCUT2D eigenvalue weighted by atomic mass is 15.2. The Kier molecular flexibility index (Phi) is 7.69.